The van der Waals surface area contributed by atoms with E-state index in [1.165, 1.54) is 12.8 Å². The maximum Gasteiger partial charge on any atom is 0.0728 e. The van der Waals surface area contributed by atoms with Gasteiger partial charge >= 0.3 is 0 Å². The molecule has 70 valence electrons. The third kappa shape index (κ3) is 2.61. The van der Waals surface area contributed by atoms with E-state index in [9.17, 15) is 0 Å². The van der Waals surface area contributed by atoms with Crippen LogP contribution >= 0.6 is 0 Å². The Labute approximate surface area is 75.0 Å². The predicted molar refractivity (Wildman–Crippen MR) is 51.2 cm³/mol. The first kappa shape index (κ1) is 9.75. The van der Waals surface area contributed by atoms with Crippen molar-refractivity contribution in [3.63, 3.8) is 0 Å². The van der Waals surface area contributed by atoms with Crippen molar-refractivity contribution in [3.8, 4) is 0 Å². The van der Waals surface area contributed by atoms with E-state index in [4.69, 9.17) is 4.74 Å². The summed E-state index contributed by atoms with van der Waals surface area (Å²) in [5.74, 6) is 0.831. The number of hydrogen-bond donors (Lipinski definition) is 1. The molecule has 2 nitrogen and oxygen atoms in total. The predicted octanol–water partition coefficient (Wildman–Crippen LogP) is 1.58. The first-order valence-corrected chi connectivity index (χ1v) is 4.69. The maximum absolute atomic E-state index is 5.67. The Kier molecular flexibility index (Phi) is 3.76. The third-order valence-corrected chi connectivity index (χ3v) is 2.42. The van der Waals surface area contributed by atoms with Gasteiger partial charge in [-0.25, -0.2) is 0 Å². The molecule has 0 aliphatic heterocycles. The molecular formula is C10H19NO. The number of nitrogens with one attached hydrogen (secondary N) is 1. The minimum atomic E-state index is 0.213. The molecule has 0 radical (unpaired) electrons. The Morgan fingerprint density at radius 3 is 2.83 bits per heavy atom. The summed E-state index contributed by atoms with van der Waals surface area (Å²) in [5.41, 5.74) is 0. The standard InChI is InChI=1S/C10H19NO/c1-4-8(2)12-10-5-9(6-10)7-11-3/h4,8-11H,1,5-7H2,2-3H3. The lowest BCUT2D eigenvalue weighted by atomic mass is 9.82. The van der Waals surface area contributed by atoms with E-state index >= 15 is 0 Å². The Hall–Kier alpha value is -0.340. The van der Waals surface area contributed by atoms with Gasteiger partial charge in [-0.1, -0.05) is 6.08 Å². The summed E-state index contributed by atoms with van der Waals surface area (Å²) in [6, 6.07) is 0. The van der Waals surface area contributed by atoms with Crippen LogP contribution in [-0.2, 0) is 4.74 Å². The van der Waals surface area contributed by atoms with Gasteiger partial charge in [-0.3, -0.25) is 0 Å². The van der Waals surface area contributed by atoms with E-state index < -0.39 is 0 Å². The van der Waals surface area contributed by atoms with Crippen molar-refractivity contribution in [3.05, 3.63) is 12.7 Å². The molecule has 0 aromatic heterocycles. The van der Waals surface area contributed by atoms with E-state index in [1.54, 1.807) is 0 Å². The fraction of sp³-hybridized carbons (Fsp3) is 0.800. The Balaban J connectivity index is 2.05. The first-order valence-electron chi connectivity index (χ1n) is 4.69. The van der Waals surface area contributed by atoms with Gasteiger partial charge in [0.1, 0.15) is 0 Å². The minimum absolute atomic E-state index is 0.213. The highest BCUT2D eigenvalue weighted by Crippen LogP contribution is 2.30. The van der Waals surface area contributed by atoms with Gasteiger partial charge in [0.05, 0.1) is 12.2 Å². The molecule has 1 aliphatic rings. The van der Waals surface area contributed by atoms with Crippen molar-refractivity contribution >= 4 is 0 Å². The molecule has 0 spiro atoms. The van der Waals surface area contributed by atoms with E-state index in [-0.39, 0.29) is 6.10 Å². The van der Waals surface area contributed by atoms with Crippen molar-refractivity contribution in [2.45, 2.75) is 32.0 Å². The average molecular weight is 169 g/mol. The minimum Gasteiger partial charge on any atom is -0.371 e. The van der Waals surface area contributed by atoms with Crippen molar-refractivity contribution in [1.82, 2.24) is 5.32 Å². The van der Waals surface area contributed by atoms with Gasteiger partial charge < -0.3 is 10.1 Å². The van der Waals surface area contributed by atoms with Crippen molar-refractivity contribution in [2.75, 3.05) is 13.6 Å². The van der Waals surface area contributed by atoms with Gasteiger partial charge in [-0.2, -0.15) is 0 Å². The fourth-order valence-electron chi connectivity index (χ4n) is 1.60. The maximum atomic E-state index is 5.67. The first-order chi connectivity index (χ1) is 5.76. The molecule has 0 heterocycles. The van der Waals surface area contributed by atoms with Crippen LogP contribution in [0.15, 0.2) is 12.7 Å². The van der Waals surface area contributed by atoms with Crippen molar-refractivity contribution in [1.29, 1.82) is 0 Å². The topological polar surface area (TPSA) is 21.3 Å². The number of ether oxygens (including phenoxy) is 1. The molecule has 1 rings (SSSR count). The van der Waals surface area contributed by atoms with Crippen LogP contribution in [0.5, 0.6) is 0 Å². The molecule has 1 N–H and O–H groups in total. The summed E-state index contributed by atoms with van der Waals surface area (Å²) in [6.07, 6.45) is 4.96. The Morgan fingerprint density at radius 1 is 1.67 bits per heavy atom. The van der Waals surface area contributed by atoms with Gasteiger partial charge in [-0.15, -0.1) is 6.58 Å². The molecule has 1 fully saturated rings. The molecule has 12 heavy (non-hydrogen) atoms. The van der Waals surface area contributed by atoms with Crippen LogP contribution in [0.1, 0.15) is 19.8 Å². The van der Waals surface area contributed by atoms with Gasteiger partial charge in [-0.05, 0) is 39.3 Å². The summed E-state index contributed by atoms with van der Waals surface area (Å²) in [4.78, 5) is 0. The highest BCUT2D eigenvalue weighted by atomic mass is 16.5. The van der Waals surface area contributed by atoms with E-state index in [0.717, 1.165) is 12.5 Å². The lowest BCUT2D eigenvalue weighted by Crippen LogP contribution is -2.38. The summed E-state index contributed by atoms with van der Waals surface area (Å²) < 4.78 is 5.67. The molecule has 1 saturated carbocycles. The number of rotatable bonds is 5. The van der Waals surface area contributed by atoms with E-state index in [0.29, 0.717) is 6.10 Å². The van der Waals surface area contributed by atoms with Crippen LogP contribution < -0.4 is 5.32 Å². The summed E-state index contributed by atoms with van der Waals surface area (Å²) in [7, 11) is 2.00. The van der Waals surface area contributed by atoms with Crippen LogP contribution in [0.4, 0.5) is 0 Å². The SMILES string of the molecule is C=CC(C)OC1CC(CNC)C1. The average Bonchev–Trinajstić information content (AvgIpc) is 2.00. The molecule has 0 amide bonds. The monoisotopic (exact) mass is 169 g/mol. The van der Waals surface area contributed by atoms with Crippen LogP contribution in [0.25, 0.3) is 0 Å². The molecule has 1 unspecified atom stereocenters. The smallest absolute Gasteiger partial charge is 0.0728 e. The summed E-state index contributed by atoms with van der Waals surface area (Å²) in [6.45, 7) is 6.86. The molecule has 0 bridgehead atoms. The molecule has 1 aliphatic carbocycles. The van der Waals surface area contributed by atoms with Crippen LogP contribution in [0, 0.1) is 5.92 Å². The van der Waals surface area contributed by atoms with Crippen LogP contribution in [-0.4, -0.2) is 25.8 Å². The Bertz CT molecular complexity index is 141. The van der Waals surface area contributed by atoms with Gasteiger partial charge in [0, 0.05) is 0 Å². The zero-order valence-electron chi connectivity index (χ0n) is 8.05. The summed E-state index contributed by atoms with van der Waals surface area (Å²) >= 11 is 0. The van der Waals surface area contributed by atoms with Crippen molar-refractivity contribution in [2.24, 2.45) is 5.92 Å². The molecule has 1 atom stereocenters. The largest absolute Gasteiger partial charge is 0.371 e. The third-order valence-electron chi connectivity index (χ3n) is 2.42. The molecule has 0 aromatic carbocycles. The van der Waals surface area contributed by atoms with Gasteiger partial charge in [0.15, 0.2) is 0 Å². The summed E-state index contributed by atoms with van der Waals surface area (Å²) in [5, 5.41) is 3.18. The molecule has 2 heteroatoms. The zero-order valence-corrected chi connectivity index (χ0v) is 8.05. The second kappa shape index (κ2) is 4.63. The second-order valence-corrected chi connectivity index (χ2v) is 3.59. The number of hydrogen-bond acceptors (Lipinski definition) is 2. The zero-order chi connectivity index (χ0) is 8.97. The van der Waals surface area contributed by atoms with Crippen molar-refractivity contribution < 1.29 is 4.74 Å². The highest BCUT2D eigenvalue weighted by molar-refractivity contribution is 4.84. The quantitative estimate of drug-likeness (QED) is 0.631. The molecular weight excluding hydrogens is 150 g/mol. The van der Waals surface area contributed by atoms with E-state index in [1.807, 2.05) is 20.0 Å². The second-order valence-electron chi connectivity index (χ2n) is 3.59. The van der Waals surface area contributed by atoms with Gasteiger partial charge in [0.2, 0.25) is 0 Å². The van der Waals surface area contributed by atoms with E-state index in [2.05, 4.69) is 11.9 Å². The highest BCUT2D eigenvalue weighted by Gasteiger charge is 2.29. The molecule has 0 aromatic rings. The van der Waals surface area contributed by atoms with Crippen LogP contribution in [0.3, 0.4) is 0 Å². The lowest BCUT2D eigenvalue weighted by Gasteiger charge is -2.36. The molecule has 0 saturated heterocycles. The Morgan fingerprint density at radius 2 is 2.33 bits per heavy atom. The fourth-order valence-corrected chi connectivity index (χ4v) is 1.60. The lowest BCUT2D eigenvalue weighted by molar-refractivity contribution is -0.0506. The van der Waals surface area contributed by atoms with Crippen LogP contribution in [0.2, 0.25) is 0 Å². The van der Waals surface area contributed by atoms with Gasteiger partial charge in [0.25, 0.3) is 0 Å². The normalized spacial score (nSPS) is 30.8.